The van der Waals surface area contributed by atoms with Crippen LogP contribution < -0.4 is 9.47 Å². The van der Waals surface area contributed by atoms with Crippen LogP contribution in [0.3, 0.4) is 0 Å². The van der Waals surface area contributed by atoms with Crippen LogP contribution >= 0.6 is 0 Å². The van der Waals surface area contributed by atoms with Gasteiger partial charge in [0.2, 0.25) is 0 Å². The van der Waals surface area contributed by atoms with Gasteiger partial charge in [0.25, 0.3) is 0 Å². The summed E-state index contributed by atoms with van der Waals surface area (Å²) < 4.78 is 10.5. The number of aldehydes is 1. The molecule has 1 unspecified atom stereocenters. The van der Waals surface area contributed by atoms with E-state index in [1.807, 2.05) is 26.0 Å². The summed E-state index contributed by atoms with van der Waals surface area (Å²) in [6.45, 7) is 4.02. The van der Waals surface area contributed by atoms with Crippen molar-refractivity contribution in [2.24, 2.45) is 0 Å². The first-order valence-corrected chi connectivity index (χ1v) is 5.30. The summed E-state index contributed by atoms with van der Waals surface area (Å²) in [5.74, 6) is 1.74. The number of carbonyl (C=O) groups excluding carboxylic acids is 1. The summed E-state index contributed by atoms with van der Waals surface area (Å²) in [5, 5.41) is 0. The maximum atomic E-state index is 10.5. The number of ether oxygens (including phenoxy) is 2. The normalized spacial score (nSPS) is 12.0. The van der Waals surface area contributed by atoms with Crippen molar-refractivity contribution in [3.63, 3.8) is 0 Å². The van der Waals surface area contributed by atoms with Crippen LogP contribution in [0.4, 0.5) is 0 Å². The predicted octanol–water partition coefficient (Wildman–Crippen LogP) is 2.70. The maximum Gasteiger partial charge on any atom is 0.125 e. The van der Waals surface area contributed by atoms with E-state index in [1.54, 1.807) is 14.2 Å². The molecule has 0 aliphatic rings. The van der Waals surface area contributed by atoms with Crippen molar-refractivity contribution in [2.75, 3.05) is 14.2 Å². The van der Waals surface area contributed by atoms with Crippen molar-refractivity contribution in [2.45, 2.75) is 26.2 Å². The van der Waals surface area contributed by atoms with Gasteiger partial charge in [-0.3, -0.25) is 0 Å². The third kappa shape index (κ3) is 2.54. The van der Waals surface area contributed by atoms with Crippen molar-refractivity contribution in [3.05, 3.63) is 23.3 Å². The average Bonchev–Trinajstić information content (AvgIpc) is 2.29. The zero-order chi connectivity index (χ0) is 12.1. The molecule has 1 atom stereocenters. The first-order chi connectivity index (χ1) is 7.63. The molecular weight excluding hydrogens is 204 g/mol. The number of benzene rings is 1. The Morgan fingerprint density at radius 3 is 2.50 bits per heavy atom. The van der Waals surface area contributed by atoms with Crippen molar-refractivity contribution in [1.82, 2.24) is 0 Å². The zero-order valence-corrected chi connectivity index (χ0v) is 10.2. The molecule has 0 N–H and O–H groups in total. The largest absolute Gasteiger partial charge is 0.497 e. The molecule has 1 aromatic rings. The van der Waals surface area contributed by atoms with E-state index in [0.29, 0.717) is 6.42 Å². The molecule has 0 bridgehead atoms. The van der Waals surface area contributed by atoms with Crippen molar-refractivity contribution >= 4 is 6.29 Å². The standard InChI is InChI=1S/C13H18O3/c1-9(5-6-14)12-7-11(15-3)8-13(16-4)10(12)2/h6-9H,5H2,1-4H3. The number of hydrogen-bond acceptors (Lipinski definition) is 3. The summed E-state index contributed by atoms with van der Waals surface area (Å²) in [4.78, 5) is 10.5. The SMILES string of the molecule is COc1cc(OC)c(C)c(C(C)CC=O)c1. The van der Waals surface area contributed by atoms with E-state index in [4.69, 9.17) is 9.47 Å². The molecule has 0 fully saturated rings. The molecule has 0 spiro atoms. The second-order valence-electron chi connectivity index (χ2n) is 3.85. The van der Waals surface area contributed by atoms with Crippen molar-refractivity contribution < 1.29 is 14.3 Å². The lowest BCUT2D eigenvalue weighted by Crippen LogP contribution is -2.01. The van der Waals surface area contributed by atoms with Gasteiger partial charge in [-0.25, -0.2) is 0 Å². The van der Waals surface area contributed by atoms with Crippen LogP contribution in [0, 0.1) is 6.92 Å². The quantitative estimate of drug-likeness (QED) is 0.718. The lowest BCUT2D eigenvalue weighted by Gasteiger charge is -2.16. The Hall–Kier alpha value is -1.51. The van der Waals surface area contributed by atoms with Crippen LogP contribution in [0.5, 0.6) is 11.5 Å². The second-order valence-corrected chi connectivity index (χ2v) is 3.85. The van der Waals surface area contributed by atoms with Crippen LogP contribution in [-0.4, -0.2) is 20.5 Å². The molecule has 3 nitrogen and oxygen atoms in total. The Kier molecular flexibility index (Phi) is 4.35. The molecule has 0 heterocycles. The fourth-order valence-electron chi connectivity index (χ4n) is 1.80. The molecule has 0 amide bonds. The molecule has 16 heavy (non-hydrogen) atoms. The lowest BCUT2D eigenvalue weighted by atomic mass is 9.93. The Balaban J connectivity index is 3.19. The topological polar surface area (TPSA) is 35.5 Å². The fraction of sp³-hybridized carbons (Fsp3) is 0.462. The van der Waals surface area contributed by atoms with E-state index in [1.165, 1.54) is 0 Å². The highest BCUT2D eigenvalue weighted by atomic mass is 16.5. The Labute approximate surface area is 96.4 Å². The zero-order valence-electron chi connectivity index (χ0n) is 10.2. The molecule has 0 radical (unpaired) electrons. The number of rotatable bonds is 5. The van der Waals surface area contributed by atoms with Gasteiger partial charge in [0.1, 0.15) is 17.8 Å². The van der Waals surface area contributed by atoms with Crippen LogP contribution in [-0.2, 0) is 4.79 Å². The smallest absolute Gasteiger partial charge is 0.125 e. The third-order valence-electron chi connectivity index (χ3n) is 2.81. The molecule has 88 valence electrons. The molecule has 0 aliphatic carbocycles. The molecule has 0 saturated carbocycles. The van der Waals surface area contributed by atoms with E-state index in [2.05, 4.69) is 0 Å². The molecule has 0 saturated heterocycles. The van der Waals surface area contributed by atoms with E-state index in [0.717, 1.165) is 28.9 Å². The van der Waals surface area contributed by atoms with Crippen LogP contribution in [0.15, 0.2) is 12.1 Å². The molecule has 1 aromatic carbocycles. The molecule has 0 aliphatic heterocycles. The van der Waals surface area contributed by atoms with E-state index < -0.39 is 0 Å². The molecular formula is C13H18O3. The Bertz CT molecular complexity index is 372. The first-order valence-electron chi connectivity index (χ1n) is 5.30. The van der Waals surface area contributed by atoms with E-state index in [-0.39, 0.29) is 5.92 Å². The highest BCUT2D eigenvalue weighted by Crippen LogP contribution is 2.33. The lowest BCUT2D eigenvalue weighted by molar-refractivity contribution is -0.108. The van der Waals surface area contributed by atoms with Crippen molar-refractivity contribution in [1.29, 1.82) is 0 Å². The highest BCUT2D eigenvalue weighted by Gasteiger charge is 2.13. The van der Waals surface area contributed by atoms with Crippen LogP contribution in [0.25, 0.3) is 0 Å². The number of methoxy groups -OCH3 is 2. The van der Waals surface area contributed by atoms with Gasteiger partial charge >= 0.3 is 0 Å². The minimum atomic E-state index is 0.182. The summed E-state index contributed by atoms with van der Waals surface area (Å²) in [6, 6.07) is 3.82. The van der Waals surface area contributed by atoms with Crippen LogP contribution in [0.2, 0.25) is 0 Å². The Morgan fingerprint density at radius 1 is 1.31 bits per heavy atom. The van der Waals surface area contributed by atoms with E-state index >= 15 is 0 Å². The number of carbonyl (C=O) groups is 1. The van der Waals surface area contributed by atoms with Gasteiger partial charge in [0.05, 0.1) is 14.2 Å². The van der Waals surface area contributed by atoms with Crippen LogP contribution in [0.1, 0.15) is 30.4 Å². The summed E-state index contributed by atoms with van der Waals surface area (Å²) in [6.07, 6.45) is 1.45. The van der Waals surface area contributed by atoms with Gasteiger partial charge in [-0.05, 0) is 30.0 Å². The van der Waals surface area contributed by atoms with Gasteiger partial charge in [-0.1, -0.05) is 6.92 Å². The molecule has 0 aromatic heterocycles. The highest BCUT2D eigenvalue weighted by molar-refractivity contribution is 5.54. The van der Waals surface area contributed by atoms with Gasteiger partial charge in [-0.15, -0.1) is 0 Å². The van der Waals surface area contributed by atoms with Crippen molar-refractivity contribution in [3.8, 4) is 11.5 Å². The average molecular weight is 222 g/mol. The monoisotopic (exact) mass is 222 g/mol. The molecule has 3 heteroatoms. The summed E-state index contributed by atoms with van der Waals surface area (Å²) in [7, 11) is 3.26. The summed E-state index contributed by atoms with van der Waals surface area (Å²) in [5.41, 5.74) is 2.17. The fourth-order valence-corrected chi connectivity index (χ4v) is 1.80. The van der Waals surface area contributed by atoms with Gasteiger partial charge in [0.15, 0.2) is 0 Å². The second kappa shape index (κ2) is 5.54. The summed E-state index contributed by atoms with van der Waals surface area (Å²) >= 11 is 0. The van der Waals surface area contributed by atoms with Gasteiger partial charge < -0.3 is 14.3 Å². The minimum absolute atomic E-state index is 0.182. The van der Waals surface area contributed by atoms with E-state index in [9.17, 15) is 4.79 Å². The molecule has 1 rings (SSSR count). The van der Waals surface area contributed by atoms with Gasteiger partial charge in [-0.2, -0.15) is 0 Å². The third-order valence-corrected chi connectivity index (χ3v) is 2.81. The predicted molar refractivity (Wildman–Crippen MR) is 63.4 cm³/mol. The number of hydrogen-bond donors (Lipinski definition) is 0. The first kappa shape index (κ1) is 12.6. The maximum absolute atomic E-state index is 10.5. The Morgan fingerprint density at radius 2 is 2.00 bits per heavy atom. The van der Waals surface area contributed by atoms with Gasteiger partial charge in [0, 0.05) is 12.5 Å². The minimum Gasteiger partial charge on any atom is -0.497 e.